The fourth-order valence-corrected chi connectivity index (χ4v) is 4.14. The van der Waals surface area contributed by atoms with Crippen molar-refractivity contribution < 1.29 is 4.79 Å². The standard InChI is InChI=1S/C24H33N3O/c1-4-27(24(28)25-23-15-9-8-14-22(23)19(2)3)21-13-10-16-26(18-21)17-20-11-6-5-7-12-20/h5-9,11-12,14-15,19,21H,4,10,13,16-18H2,1-3H3,(H,25,28). The van der Waals surface area contributed by atoms with Crippen molar-refractivity contribution >= 4 is 11.7 Å². The number of nitrogens with one attached hydrogen (secondary N) is 1. The lowest BCUT2D eigenvalue weighted by molar-refractivity contribution is 0.116. The molecule has 0 radical (unpaired) electrons. The van der Waals surface area contributed by atoms with Gasteiger partial charge in [0.25, 0.3) is 0 Å². The van der Waals surface area contributed by atoms with Gasteiger partial charge in [0.15, 0.2) is 0 Å². The summed E-state index contributed by atoms with van der Waals surface area (Å²) in [5, 5.41) is 3.17. The molecule has 0 spiro atoms. The summed E-state index contributed by atoms with van der Waals surface area (Å²) in [4.78, 5) is 17.6. The minimum atomic E-state index is 0.0159. The van der Waals surface area contributed by atoms with Crippen molar-refractivity contribution in [3.05, 3.63) is 65.7 Å². The molecule has 0 saturated carbocycles. The minimum absolute atomic E-state index is 0.0159. The van der Waals surface area contributed by atoms with Crippen molar-refractivity contribution in [2.24, 2.45) is 0 Å². The normalized spacial score (nSPS) is 17.5. The van der Waals surface area contributed by atoms with E-state index in [0.717, 1.165) is 44.7 Å². The van der Waals surface area contributed by atoms with Gasteiger partial charge in [-0.3, -0.25) is 4.90 Å². The number of benzene rings is 2. The van der Waals surface area contributed by atoms with Crippen molar-refractivity contribution in [1.29, 1.82) is 0 Å². The molecular weight excluding hydrogens is 346 g/mol. The third kappa shape index (κ3) is 5.14. The molecule has 1 saturated heterocycles. The first kappa shape index (κ1) is 20.4. The Morgan fingerprint density at radius 3 is 2.57 bits per heavy atom. The van der Waals surface area contributed by atoms with Gasteiger partial charge in [0.2, 0.25) is 0 Å². The Morgan fingerprint density at radius 1 is 1.14 bits per heavy atom. The van der Waals surface area contributed by atoms with E-state index in [2.05, 4.69) is 67.4 Å². The molecule has 2 amide bonds. The lowest BCUT2D eigenvalue weighted by Gasteiger charge is -2.39. The number of urea groups is 1. The molecule has 1 heterocycles. The molecule has 4 heteroatoms. The Bertz CT molecular complexity index is 759. The van der Waals surface area contributed by atoms with Crippen molar-refractivity contribution in [3.8, 4) is 0 Å². The van der Waals surface area contributed by atoms with Gasteiger partial charge in [-0.05, 0) is 49.4 Å². The Balaban J connectivity index is 1.66. The van der Waals surface area contributed by atoms with Crippen LogP contribution in [0, 0.1) is 0 Å². The van der Waals surface area contributed by atoms with Crippen LogP contribution < -0.4 is 5.32 Å². The van der Waals surface area contributed by atoms with Crippen LogP contribution in [0.5, 0.6) is 0 Å². The summed E-state index contributed by atoms with van der Waals surface area (Å²) >= 11 is 0. The molecule has 0 aromatic heterocycles. The summed E-state index contributed by atoms with van der Waals surface area (Å²) in [5.41, 5.74) is 3.45. The molecule has 4 nitrogen and oxygen atoms in total. The van der Waals surface area contributed by atoms with Crippen LogP contribution in [0.2, 0.25) is 0 Å². The lowest BCUT2D eigenvalue weighted by atomic mass is 10.0. The number of hydrogen-bond donors (Lipinski definition) is 1. The number of carbonyl (C=O) groups excluding carboxylic acids is 1. The van der Waals surface area contributed by atoms with E-state index in [4.69, 9.17) is 0 Å². The molecule has 1 unspecified atom stereocenters. The highest BCUT2D eigenvalue weighted by molar-refractivity contribution is 5.90. The maximum absolute atomic E-state index is 13.1. The zero-order chi connectivity index (χ0) is 19.9. The second kappa shape index (κ2) is 9.74. The number of likely N-dealkylation sites (N-methyl/N-ethyl adjacent to an activating group) is 1. The fraction of sp³-hybridized carbons (Fsp3) is 0.458. The Kier molecular flexibility index (Phi) is 7.10. The number of hydrogen-bond acceptors (Lipinski definition) is 2. The average Bonchev–Trinajstić information content (AvgIpc) is 2.70. The predicted octanol–water partition coefficient (Wildman–Crippen LogP) is 5.33. The maximum Gasteiger partial charge on any atom is 0.322 e. The topological polar surface area (TPSA) is 35.6 Å². The molecule has 1 N–H and O–H groups in total. The predicted molar refractivity (Wildman–Crippen MR) is 117 cm³/mol. The summed E-state index contributed by atoms with van der Waals surface area (Å²) in [7, 11) is 0. The highest BCUT2D eigenvalue weighted by atomic mass is 16.2. The molecule has 1 atom stereocenters. The van der Waals surface area contributed by atoms with Crippen LogP contribution in [-0.4, -0.2) is 41.5 Å². The van der Waals surface area contributed by atoms with E-state index < -0.39 is 0 Å². The highest BCUT2D eigenvalue weighted by Crippen LogP contribution is 2.25. The van der Waals surface area contributed by atoms with Crippen molar-refractivity contribution in [1.82, 2.24) is 9.80 Å². The van der Waals surface area contributed by atoms with Crippen molar-refractivity contribution in [2.75, 3.05) is 25.0 Å². The second-order valence-corrected chi connectivity index (χ2v) is 7.97. The molecule has 150 valence electrons. The highest BCUT2D eigenvalue weighted by Gasteiger charge is 2.28. The zero-order valence-electron chi connectivity index (χ0n) is 17.4. The number of piperidine rings is 1. The Morgan fingerprint density at radius 2 is 1.86 bits per heavy atom. The number of rotatable bonds is 6. The maximum atomic E-state index is 13.1. The van der Waals surface area contributed by atoms with E-state index in [0.29, 0.717) is 5.92 Å². The van der Waals surface area contributed by atoms with Crippen molar-refractivity contribution in [3.63, 3.8) is 0 Å². The first-order valence-corrected chi connectivity index (χ1v) is 10.5. The fourth-order valence-electron chi connectivity index (χ4n) is 4.14. The lowest BCUT2D eigenvalue weighted by Crippen LogP contribution is -2.51. The summed E-state index contributed by atoms with van der Waals surface area (Å²) in [5.74, 6) is 0.377. The molecule has 3 rings (SSSR count). The Hall–Kier alpha value is -2.33. The first-order valence-electron chi connectivity index (χ1n) is 10.5. The van der Waals surface area contributed by atoms with Crippen LogP contribution in [0.1, 0.15) is 50.7 Å². The van der Waals surface area contributed by atoms with Gasteiger partial charge in [0.1, 0.15) is 0 Å². The summed E-state index contributed by atoms with van der Waals surface area (Å²) in [6.45, 7) is 10.1. The first-order chi connectivity index (χ1) is 13.6. The third-order valence-corrected chi connectivity index (χ3v) is 5.60. The SMILES string of the molecule is CCN(C(=O)Nc1ccccc1C(C)C)C1CCCN(Cc2ccccc2)C1. The number of anilines is 1. The molecule has 2 aromatic rings. The minimum Gasteiger partial charge on any atom is -0.321 e. The third-order valence-electron chi connectivity index (χ3n) is 5.60. The molecule has 1 aliphatic heterocycles. The van der Waals surface area contributed by atoms with Crippen LogP contribution >= 0.6 is 0 Å². The van der Waals surface area contributed by atoms with Gasteiger partial charge >= 0.3 is 6.03 Å². The van der Waals surface area contributed by atoms with E-state index in [9.17, 15) is 4.79 Å². The van der Waals surface area contributed by atoms with Gasteiger partial charge in [-0.15, -0.1) is 0 Å². The molecular formula is C24H33N3O. The largest absolute Gasteiger partial charge is 0.322 e. The number of para-hydroxylation sites is 1. The number of nitrogens with zero attached hydrogens (tertiary/aromatic N) is 2. The van der Waals surface area contributed by atoms with E-state index >= 15 is 0 Å². The van der Waals surface area contributed by atoms with E-state index in [1.807, 2.05) is 23.1 Å². The molecule has 1 fully saturated rings. The van der Waals surface area contributed by atoms with Crippen LogP contribution in [0.15, 0.2) is 54.6 Å². The summed E-state index contributed by atoms with van der Waals surface area (Å²) in [6, 6.07) is 19.0. The quantitative estimate of drug-likeness (QED) is 0.736. The Labute approximate surface area is 169 Å². The van der Waals surface area contributed by atoms with E-state index in [1.54, 1.807) is 0 Å². The smallest absolute Gasteiger partial charge is 0.321 e. The second-order valence-electron chi connectivity index (χ2n) is 7.97. The molecule has 1 aliphatic rings. The van der Waals surface area contributed by atoms with E-state index in [1.165, 1.54) is 11.1 Å². The van der Waals surface area contributed by atoms with Gasteiger partial charge in [-0.2, -0.15) is 0 Å². The van der Waals surface area contributed by atoms with Crippen LogP contribution in [0.4, 0.5) is 10.5 Å². The number of likely N-dealkylation sites (tertiary alicyclic amines) is 1. The summed E-state index contributed by atoms with van der Waals surface area (Å²) in [6.07, 6.45) is 2.20. The van der Waals surface area contributed by atoms with E-state index in [-0.39, 0.29) is 12.1 Å². The van der Waals surface area contributed by atoms with Gasteiger partial charge < -0.3 is 10.2 Å². The summed E-state index contributed by atoms with van der Waals surface area (Å²) < 4.78 is 0. The monoisotopic (exact) mass is 379 g/mol. The van der Waals surface area contributed by atoms with Crippen LogP contribution in [-0.2, 0) is 6.54 Å². The number of carbonyl (C=O) groups is 1. The van der Waals surface area contributed by atoms with Crippen LogP contribution in [0.25, 0.3) is 0 Å². The van der Waals surface area contributed by atoms with Crippen molar-refractivity contribution in [2.45, 2.75) is 52.1 Å². The van der Waals surface area contributed by atoms with Gasteiger partial charge in [-0.25, -0.2) is 4.79 Å². The molecule has 28 heavy (non-hydrogen) atoms. The van der Waals surface area contributed by atoms with Crippen LogP contribution in [0.3, 0.4) is 0 Å². The average molecular weight is 380 g/mol. The zero-order valence-corrected chi connectivity index (χ0v) is 17.4. The molecule has 2 aromatic carbocycles. The molecule has 0 bridgehead atoms. The van der Waals surface area contributed by atoms with Gasteiger partial charge in [0, 0.05) is 31.4 Å². The van der Waals surface area contributed by atoms with Gasteiger partial charge in [-0.1, -0.05) is 62.4 Å². The molecule has 0 aliphatic carbocycles. The number of amides is 2. The van der Waals surface area contributed by atoms with Gasteiger partial charge in [0.05, 0.1) is 0 Å².